The van der Waals surface area contributed by atoms with Gasteiger partial charge in [-0.3, -0.25) is 4.79 Å². The number of carbonyl (C=O) groups is 1. The van der Waals surface area contributed by atoms with Crippen molar-refractivity contribution in [2.24, 2.45) is 5.92 Å². The number of nitrogens with one attached hydrogen (secondary N) is 1. The van der Waals surface area contributed by atoms with Crippen molar-refractivity contribution in [3.63, 3.8) is 0 Å². The third-order valence-corrected chi connectivity index (χ3v) is 4.92. The minimum Gasteiger partial charge on any atom is -0.469 e. The predicted molar refractivity (Wildman–Crippen MR) is 72.4 cm³/mol. The molecule has 1 saturated heterocycles. The van der Waals surface area contributed by atoms with E-state index in [1.807, 2.05) is 12.1 Å². The van der Waals surface area contributed by atoms with Crippen molar-refractivity contribution < 1.29 is 9.53 Å². The molecule has 0 spiro atoms. The summed E-state index contributed by atoms with van der Waals surface area (Å²) in [6.45, 7) is 1.98. The molecule has 17 heavy (non-hydrogen) atoms. The Labute approximate surface area is 114 Å². The van der Waals surface area contributed by atoms with E-state index in [2.05, 4.69) is 21.2 Å². The van der Waals surface area contributed by atoms with E-state index < -0.39 is 0 Å². The molecule has 1 aromatic rings. The zero-order chi connectivity index (χ0) is 12.3. The summed E-state index contributed by atoms with van der Waals surface area (Å²) in [7, 11) is 1.47. The summed E-state index contributed by atoms with van der Waals surface area (Å²) in [6.07, 6.45) is 2.07. The highest BCUT2D eigenvalue weighted by atomic mass is 79.9. The zero-order valence-corrected chi connectivity index (χ0v) is 12.1. The van der Waals surface area contributed by atoms with E-state index in [0.717, 1.165) is 34.6 Å². The second kappa shape index (κ2) is 5.98. The molecule has 3 nitrogen and oxygen atoms in total. The van der Waals surface area contributed by atoms with E-state index in [0.29, 0.717) is 5.92 Å². The van der Waals surface area contributed by atoms with Crippen molar-refractivity contribution in [1.29, 1.82) is 0 Å². The van der Waals surface area contributed by atoms with Crippen molar-refractivity contribution in [3.8, 4) is 0 Å². The number of hydrogen-bond donors (Lipinski definition) is 1. The Morgan fingerprint density at radius 2 is 2.24 bits per heavy atom. The number of thiophene rings is 1. The molecular weight excluding hydrogens is 302 g/mol. The molecule has 0 bridgehead atoms. The van der Waals surface area contributed by atoms with E-state index in [1.54, 1.807) is 11.3 Å². The van der Waals surface area contributed by atoms with Crippen LogP contribution in [0.2, 0.25) is 0 Å². The van der Waals surface area contributed by atoms with Crippen molar-refractivity contribution in [2.45, 2.75) is 18.8 Å². The first-order chi connectivity index (χ1) is 8.22. The molecule has 2 rings (SSSR count). The molecule has 0 aromatic carbocycles. The summed E-state index contributed by atoms with van der Waals surface area (Å²) in [4.78, 5) is 13.1. The third-order valence-electron chi connectivity index (χ3n) is 3.21. The van der Waals surface area contributed by atoms with Crippen molar-refractivity contribution >= 4 is 33.2 Å². The number of ether oxygens (including phenoxy) is 1. The number of halogens is 1. The molecule has 1 aromatic heterocycles. The fourth-order valence-electron chi connectivity index (χ4n) is 2.34. The SMILES string of the molecule is COC(=O)C(c1ccc(Br)s1)C1CCNCC1. The highest BCUT2D eigenvalue weighted by Crippen LogP contribution is 2.37. The van der Waals surface area contributed by atoms with E-state index in [-0.39, 0.29) is 11.9 Å². The van der Waals surface area contributed by atoms with Crippen LogP contribution in [-0.4, -0.2) is 26.2 Å². The third kappa shape index (κ3) is 3.09. The maximum Gasteiger partial charge on any atom is 0.314 e. The highest BCUT2D eigenvalue weighted by molar-refractivity contribution is 9.11. The lowest BCUT2D eigenvalue weighted by molar-refractivity contribution is -0.144. The number of rotatable bonds is 3. The van der Waals surface area contributed by atoms with E-state index >= 15 is 0 Å². The maximum absolute atomic E-state index is 12.0. The molecule has 1 aliphatic heterocycles. The van der Waals surface area contributed by atoms with E-state index in [9.17, 15) is 4.79 Å². The van der Waals surface area contributed by atoms with Gasteiger partial charge in [-0.05, 0) is 59.9 Å². The average Bonchev–Trinajstić information content (AvgIpc) is 2.77. The minimum atomic E-state index is -0.105. The van der Waals surface area contributed by atoms with Crippen LogP contribution in [0, 0.1) is 5.92 Å². The lowest BCUT2D eigenvalue weighted by Gasteiger charge is -2.28. The standard InChI is InChI=1S/C12H16BrNO2S/c1-16-12(15)11(8-4-6-14-7-5-8)9-2-3-10(13)17-9/h2-3,8,11,14H,4-7H2,1H3. The zero-order valence-electron chi connectivity index (χ0n) is 9.74. The van der Waals surface area contributed by atoms with Crippen LogP contribution in [0.3, 0.4) is 0 Å². The van der Waals surface area contributed by atoms with Gasteiger partial charge in [0.15, 0.2) is 0 Å². The summed E-state index contributed by atoms with van der Waals surface area (Å²) in [5, 5.41) is 3.33. The average molecular weight is 318 g/mol. The van der Waals surface area contributed by atoms with Crippen molar-refractivity contribution in [1.82, 2.24) is 5.32 Å². The smallest absolute Gasteiger partial charge is 0.314 e. The van der Waals surface area contributed by atoms with E-state index in [4.69, 9.17) is 4.74 Å². The van der Waals surface area contributed by atoms with Gasteiger partial charge in [0, 0.05) is 4.88 Å². The summed E-state index contributed by atoms with van der Waals surface area (Å²) in [6, 6.07) is 4.02. The molecule has 94 valence electrons. The van der Waals surface area contributed by atoms with E-state index in [1.165, 1.54) is 7.11 Å². The Kier molecular flexibility index (Phi) is 4.59. The molecule has 1 aliphatic rings. The summed E-state index contributed by atoms with van der Waals surface area (Å²) < 4.78 is 6.03. The second-order valence-corrected chi connectivity index (χ2v) is 6.72. The van der Waals surface area contributed by atoms with Crippen LogP contribution in [0.4, 0.5) is 0 Å². The van der Waals surface area contributed by atoms with Gasteiger partial charge < -0.3 is 10.1 Å². The van der Waals surface area contributed by atoms with Gasteiger partial charge in [0.2, 0.25) is 0 Å². The summed E-state index contributed by atoms with van der Waals surface area (Å²) >= 11 is 5.08. The first-order valence-electron chi connectivity index (χ1n) is 5.76. The van der Waals surface area contributed by atoms with Gasteiger partial charge in [-0.1, -0.05) is 0 Å². The molecule has 1 unspecified atom stereocenters. The Balaban J connectivity index is 2.21. The lowest BCUT2D eigenvalue weighted by Crippen LogP contribution is -2.33. The molecule has 5 heteroatoms. The predicted octanol–water partition coefficient (Wildman–Crippen LogP) is 2.77. The summed E-state index contributed by atoms with van der Waals surface area (Å²) in [5.41, 5.74) is 0. The molecule has 1 atom stereocenters. The van der Waals surface area contributed by atoms with Crippen LogP contribution >= 0.6 is 27.3 Å². The summed E-state index contributed by atoms with van der Waals surface area (Å²) in [5.74, 6) is 0.193. The van der Waals surface area contributed by atoms with Crippen LogP contribution in [0.25, 0.3) is 0 Å². The van der Waals surface area contributed by atoms with Crippen molar-refractivity contribution in [3.05, 3.63) is 20.8 Å². The van der Waals surface area contributed by atoms with Gasteiger partial charge in [-0.25, -0.2) is 0 Å². The van der Waals surface area contributed by atoms with Gasteiger partial charge in [0.05, 0.1) is 16.8 Å². The Bertz CT molecular complexity index is 388. The number of esters is 1. The Morgan fingerprint density at radius 3 is 2.76 bits per heavy atom. The van der Waals surface area contributed by atoms with Crippen LogP contribution in [0.15, 0.2) is 15.9 Å². The molecule has 0 radical (unpaired) electrons. The van der Waals surface area contributed by atoms with Gasteiger partial charge in [-0.15, -0.1) is 11.3 Å². The second-order valence-electron chi connectivity index (χ2n) is 4.23. The largest absolute Gasteiger partial charge is 0.469 e. The fourth-order valence-corrected chi connectivity index (χ4v) is 3.95. The number of piperidine rings is 1. The number of carbonyl (C=O) groups excluding carboxylic acids is 1. The molecule has 2 heterocycles. The number of methoxy groups -OCH3 is 1. The first-order valence-corrected chi connectivity index (χ1v) is 7.37. The van der Waals surface area contributed by atoms with Gasteiger partial charge in [0.25, 0.3) is 0 Å². The van der Waals surface area contributed by atoms with Crippen LogP contribution in [-0.2, 0) is 9.53 Å². The highest BCUT2D eigenvalue weighted by Gasteiger charge is 2.32. The Morgan fingerprint density at radius 1 is 1.53 bits per heavy atom. The fraction of sp³-hybridized carbons (Fsp3) is 0.583. The van der Waals surface area contributed by atoms with Crippen LogP contribution < -0.4 is 5.32 Å². The minimum absolute atomic E-state index is 0.0987. The molecule has 1 fully saturated rings. The van der Waals surface area contributed by atoms with Gasteiger partial charge in [-0.2, -0.15) is 0 Å². The molecular formula is C12H16BrNO2S. The topological polar surface area (TPSA) is 38.3 Å². The van der Waals surface area contributed by atoms with Crippen LogP contribution in [0.1, 0.15) is 23.6 Å². The molecule has 0 saturated carbocycles. The van der Waals surface area contributed by atoms with Gasteiger partial charge in [0.1, 0.15) is 0 Å². The molecule has 0 amide bonds. The van der Waals surface area contributed by atoms with Crippen molar-refractivity contribution in [2.75, 3.05) is 20.2 Å². The quantitative estimate of drug-likeness (QED) is 0.871. The van der Waals surface area contributed by atoms with Crippen LogP contribution in [0.5, 0.6) is 0 Å². The monoisotopic (exact) mass is 317 g/mol. The lowest BCUT2D eigenvalue weighted by atomic mass is 9.84. The molecule has 1 N–H and O–H groups in total. The maximum atomic E-state index is 12.0. The normalized spacial score (nSPS) is 18.9. The molecule has 0 aliphatic carbocycles. The Hall–Kier alpha value is -0.390. The van der Waals surface area contributed by atoms with Gasteiger partial charge >= 0.3 is 5.97 Å². The first kappa shape index (κ1) is 13.1. The number of hydrogen-bond acceptors (Lipinski definition) is 4.